The molecule has 0 bridgehead atoms. The lowest BCUT2D eigenvalue weighted by Crippen LogP contribution is -2.39. The Labute approximate surface area is 144 Å². The lowest BCUT2D eigenvalue weighted by molar-refractivity contribution is 0.0845. The summed E-state index contributed by atoms with van der Waals surface area (Å²) in [5.41, 5.74) is -0.784. The molecule has 1 unspecified atom stereocenters. The van der Waals surface area contributed by atoms with E-state index in [2.05, 4.69) is 15.4 Å². The summed E-state index contributed by atoms with van der Waals surface area (Å²) in [5, 5.41) is 7.17. The van der Waals surface area contributed by atoms with Crippen molar-refractivity contribution in [1.29, 1.82) is 0 Å². The zero-order valence-corrected chi connectivity index (χ0v) is 14.1. The van der Waals surface area contributed by atoms with E-state index in [1.54, 1.807) is 6.20 Å². The smallest absolute Gasteiger partial charge is 0.347 e. The van der Waals surface area contributed by atoms with Crippen LogP contribution in [0.15, 0.2) is 34.1 Å². The third kappa shape index (κ3) is 4.24. The van der Waals surface area contributed by atoms with E-state index in [4.69, 9.17) is 9.47 Å². The van der Waals surface area contributed by atoms with Crippen molar-refractivity contribution >= 4 is 0 Å². The molecule has 0 aromatic carbocycles. The van der Waals surface area contributed by atoms with Gasteiger partial charge in [0, 0.05) is 26.3 Å². The van der Waals surface area contributed by atoms with Crippen molar-refractivity contribution in [2.45, 2.75) is 25.5 Å². The largest absolute Gasteiger partial charge is 0.484 e. The maximum absolute atomic E-state index is 11.8. The van der Waals surface area contributed by atoms with Gasteiger partial charge >= 0.3 is 5.69 Å². The van der Waals surface area contributed by atoms with Crippen LogP contribution in [-0.4, -0.2) is 45.1 Å². The van der Waals surface area contributed by atoms with Gasteiger partial charge in [0.05, 0.1) is 0 Å². The Morgan fingerprint density at radius 2 is 2.24 bits per heavy atom. The zero-order valence-electron chi connectivity index (χ0n) is 14.1. The fourth-order valence-corrected chi connectivity index (χ4v) is 2.50. The van der Waals surface area contributed by atoms with Crippen molar-refractivity contribution in [2.24, 2.45) is 7.05 Å². The fourth-order valence-electron chi connectivity index (χ4n) is 2.50. The monoisotopic (exact) mass is 347 g/mol. The minimum absolute atomic E-state index is 0.0738. The average molecular weight is 347 g/mol. The first-order chi connectivity index (χ1) is 12.1. The highest BCUT2D eigenvalue weighted by Crippen LogP contribution is 2.27. The highest BCUT2D eigenvalue weighted by Gasteiger charge is 2.21. The summed E-state index contributed by atoms with van der Waals surface area (Å²) in [7, 11) is 1.45. The third-order valence-electron chi connectivity index (χ3n) is 3.93. The molecule has 1 aliphatic heterocycles. The van der Waals surface area contributed by atoms with Crippen molar-refractivity contribution in [3.05, 3.63) is 45.4 Å². The van der Waals surface area contributed by atoms with Gasteiger partial charge in [-0.05, 0) is 31.5 Å². The van der Waals surface area contributed by atoms with Gasteiger partial charge in [0.2, 0.25) is 0 Å². The number of nitrogens with zero attached hydrogens (tertiary/aromatic N) is 4. The summed E-state index contributed by atoms with van der Waals surface area (Å²) in [6.07, 6.45) is 4.42. The topological polar surface area (TPSA) is 100 Å². The van der Waals surface area contributed by atoms with E-state index in [1.807, 2.05) is 12.1 Å². The molecule has 2 aromatic heterocycles. The number of rotatable bonds is 7. The van der Waals surface area contributed by atoms with Crippen LogP contribution in [-0.2, 0) is 13.6 Å². The predicted molar refractivity (Wildman–Crippen MR) is 90.0 cm³/mol. The van der Waals surface area contributed by atoms with Crippen molar-refractivity contribution in [3.63, 3.8) is 0 Å². The lowest BCUT2D eigenvalue weighted by atomic mass is 10.3. The number of ether oxygens (including phenoxy) is 2. The van der Waals surface area contributed by atoms with Crippen molar-refractivity contribution in [1.82, 2.24) is 24.6 Å². The SMILES string of the molecule is Cn1c(=O)cnn(CCCCNCC2COc3cccnc3O2)c1=O. The number of nitrogens with one attached hydrogen (secondary N) is 1. The molecule has 0 aliphatic carbocycles. The van der Waals surface area contributed by atoms with Gasteiger partial charge in [-0.15, -0.1) is 0 Å². The minimum Gasteiger partial charge on any atom is -0.484 e. The second-order valence-corrected chi connectivity index (χ2v) is 5.82. The summed E-state index contributed by atoms with van der Waals surface area (Å²) in [6.45, 7) is 2.42. The molecule has 0 radical (unpaired) electrons. The van der Waals surface area contributed by atoms with Crippen LogP contribution in [0.2, 0.25) is 0 Å². The first kappa shape index (κ1) is 17.2. The normalized spacial score (nSPS) is 16.0. The Morgan fingerprint density at radius 3 is 3.12 bits per heavy atom. The Bertz CT molecular complexity index is 832. The molecule has 1 aliphatic rings. The fraction of sp³-hybridized carbons (Fsp3) is 0.500. The molecular formula is C16H21N5O4. The van der Waals surface area contributed by atoms with Gasteiger partial charge in [0.15, 0.2) is 5.75 Å². The van der Waals surface area contributed by atoms with Crippen LogP contribution in [0, 0.1) is 0 Å². The molecule has 0 spiro atoms. The number of hydrogen-bond acceptors (Lipinski definition) is 7. The molecule has 0 saturated carbocycles. The number of unbranched alkanes of at least 4 members (excludes halogenated alkanes) is 1. The molecule has 9 nitrogen and oxygen atoms in total. The van der Waals surface area contributed by atoms with Crippen molar-refractivity contribution < 1.29 is 9.47 Å². The van der Waals surface area contributed by atoms with Crippen LogP contribution in [0.25, 0.3) is 0 Å². The zero-order chi connectivity index (χ0) is 17.6. The molecular weight excluding hydrogens is 326 g/mol. The Hall–Kier alpha value is -2.68. The van der Waals surface area contributed by atoms with Crippen molar-refractivity contribution in [2.75, 3.05) is 19.7 Å². The molecule has 9 heteroatoms. The summed E-state index contributed by atoms with van der Waals surface area (Å²) < 4.78 is 13.7. The maximum Gasteiger partial charge on any atom is 0.347 e. The number of aromatic nitrogens is 4. The second-order valence-electron chi connectivity index (χ2n) is 5.82. The molecule has 2 aromatic rings. The molecule has 0 fully saturated rings. The van der Waals surface area contributed by atoms with Crippen LogP contribution in [0.4, 0.5) is 0 Å². The van der Waals surface area contributed by atoms with Gasteiger partial charge in [-0.2, -0.15) is 5.10 Å². The van der Waals surface area contributed by atoms with Gasteiger partial charge in [-0.25, -0.2) is 14.5 Å². The van der Waals surface area contributed by atoms with Gasteiger partial charge in [0.1, 0.15) is 18.9 Å². The van der Waals surface area contributed by atoms with Crippen LogP contribution in [0.3, 0.4) is 0 Å². The molecule has 3 rings (SSSR count). The number of fused-ring (bicyclic) bond motifs is 1. The minimum atomic E-state index is -0.395. The van der Waals surface area contributed by atoms with Crippen molar-refractivity contribution in [3.8, 4) is 11.6 Å². The van der Waals surface area contributed by atoms with E-state index >= 15 is 0 Å². The van der Waals surface area contributed by atoms with E-state index in [-0.39, 0.29) is 11.8 Å². The first-order valence-electron chi connectivity index (χ1n) is 8.23. The summed E-state index contributed by atoms with van der Waals surface area (Å²) in [4.78, 5) is 27.3. The maximum atomic E-state index is 11.8. The quantitative estimate of drug-likeness (QED) is 0.677. The molecule has 1 N–H and O–H groups in total. The van der Waals surface area contributed by atoms with Gasteiger partial charge in [0.25, 0.3) is 11.4 Å². The molecule has 0 saturated heterocycles. The lowest BCUT2D eigenvalue weighted by Gasteiger charge is -2.25. The van der Waals surface area contributed by atoms with Gasteiger partial charge in [-0.3, -0.25) is 9.36 Å². The summed E-state index contributed by atoms with van der Waals surface area (Å²) in [6, 6.07) is 3.65. The van der Waals surface area contributed by atoms with Gasteiger partial charge < -0.3 is 14.8 Å². The Balaban J connectivity index is 1.35. The average Bonchev–Trinajstić information content (AvgIpc) is 2.64. The van der Waals surface area contributed by atoms with E-state index < -0.39 is 5.56 Å². The Morgan fingerprint density at radius 1 is 1.36 bits per heavy atom. The van der Waals surface area contributed by atoms with E-state index in [0.717, 1.165) is 30.2 Å². The second kappa shape index (κ2) is 7.93. The van der Waals surface area contributed by atoms with Crippen LogP contribution < -0.4 is 26.0 Å². The van der Waals surface area contributed by atoms with E-state index in [0.29, 0.717) is 31.3 Å². The third-order valence-corrected chi connectivity index (χ3v) is 3.93. The number of pyridine rings is 1. The summed E-state index contributed by atoms with van der Waals surface area (Å²) in [5.74, 6) is 1.20. The molecule has 0 amide bonds. The van der Waals surface area contributed by atoms with Crippen LogP contribution >= 0.6 is 0 Å². The molecule has 25 heavy (non-hydrogen) atoms. The molecule has 3 heterocycles. The molecule has 134 valence electrons. The predicted octanol–water partition coefficient (Wildman–Crippen LogP) is -0.453. The van der Waals surface area contributed by atoms with Crippen LogP contribution in [0.5, 0.6) is 11.6 Å². The van der Waals surface area contributed by atoms with Crippen LogP contribution in [0.1, 0.15) is 12.8 Å². The highest BCUT2D eigenvalue weighted by atomic mass is 16.6. The Kier molecular flexibility index (Phi) is 5.44. The van der Waals surface area contributed by atoms with E-state index in [9.17, 15) is 9.59 Å². The number of aryl methyl sites for hydroxylation is 1. The first-order valence-corrected chi connectivity index (χ1v) is 8.23. The molecule has 1 atom stereocenters. The number of hydrogen-bond donors (Lipinski definition) is 1. The van der Waals surface area contributed by atoms with Gasteiger partial charge in [-0.1, -0.05) is 0 Å². The van der Waals surface area contributed by atoms with E-state index in [1.165, 1.54) is 11.7 Å². The highest BCUT2D eigenvalue weighted by molar-refractivity contribution is 5.33. The standard InChI is InChI=1S/C16H21N5O4/c1-20-14(22)10-19-21(16(20)23)8-3-2-6-17-9-12-11-24-13-5-4-7-18-15(13)25-12/h4-5,7,10,12,17H,2-3,6,8-9,11H2,1H3. The summed E-state index contributed by atoms with van der Waals surface area (Å²) >= 11 is 0.